The molecule has 7 nitrogen and oxygen atoms in total. The molecular formula is C25H49IO7. The predicted octanol–water partition coefficient (Wildman–Crippen LogP) is 5.36. The standard InChI is InChI=1S/C25H49IO7/c1-2-3-4-5-6-9-12-25(27)33-24-23-32-22-21-31-20-19-30-18-17-29-16-15-28-14-11-8-7-10-13-26/h2-24H2,1H3. The molecule has 0 aromatic heterocycles. The largest absolute Gasteiger partial charge is 0.463 e. The number of hydrogen-bond donors (Lipinski definition) is 0. The fourth-order valence-corrected chi connectivity index (χ4v) is 3.51. The average Bonchev–Trinajstić information content (AvgIpc) is 2.82. The Balaban J connectivity index is 3.09. The number of hydrogen-bond acceptors (Lipinski definition) is 7. The highest BCUT2D eigenvalue weighted by Crippen LogP contribution is 2.07. The first kappa shape index (κ1) is 33.0. The van der Waals surface area contributed by atoms with Crippen LogP contribution in [0.2, 0.25) is 0 Å². The summed E-state index contributed by atoms with van der Waals surface area (Å²) in [6.07, 6.45) is 12.5. The van der Waals surface area contributed by atoms with Gasteiger partial charge in [0, 0.05) is 13.0 Å². The lowest BCUT2D eigenvalue weighted by atomic mass is 10.1. The van der Waals surface area contributed by atoms with Crippen LogP contribution in [0.5, 0.6) is 0 Å². The van der Waals surface area contributed by atoms with E-state index < -0.39 is 0 Å². The first-order valence-electron chi connectivity index (χ1n) is 12.9. The van der Waals surface area contributed by atoms with E-state index in [1.807, 2.05) is 0 Å². The highest BCUT2D eigenvalue weighted by atomic mass is 127. The van der Waals surface area contributed by atoms with Crippen molar-refractivity contribution in [1.29, 1.82) is 0 Å². The second kappa shape index (κ2) is 30.0. The minimum atomic E-state index is -0.128. The third-order valence-electron chi connectivity index (χ3n) is 4.89. The highest BCUT2D eigenvalue weighted by molar-refractivity contribution is 14.1. The zero-order valence-corrected chi connectivity index (χ0v) is 23.2. The van der Waals surface area contributed by atoms with Crippen LogP contribution in [-0.2, 0) is 33.2 Å². The van der Waals surface area contributed by atoms with Gasteiger partial charge in [-0.2, -0.15) is 0 Å². The number of ether oxygens (including phenoxy) is 6. The Labute approximate surface area is 216 Å². The topological polar surface area (TPSA) is 72.5 Å². The SMILES string of the molecule is CCCCCCCCC(=O)OCCOCCOCCOCCOCCOCCCCCCI. The van der Waals surface area contributed by atoms with Gasteiger partial charge in [-0.3, -0.25) is 4.79 Å². The molecule has 0 fully saturated rings. The van der Waals surface area contributed by atoms with Crippen molar-refractivity contribution in [2.24, 2.45) is 0 Å². The predicted molar refractivity (Wildman–Crippen MR) is 140 cm³/mol. The number of carbonyl (C=O) groups excluding carboxylic acids is 1. The number of unbranched alkanes of at least 4 members (excludes halogenated alkanes) is 8. The van der Waals surface area contributed by atoms with Crippen LogP contribution in [0.15, 0.2) is 0 Å². The average molecular weight is 589 g/mol. The molecule has 0 aliphatic heterocycles. The third-order valence-corrected chi connectivity index (χ3v) is 5.65. The maximum atomic E-state index is 11.6. The van der Waals surface area contributed by atoms with Gasteiger partial charge in [-0.1, -0.05) is 74.5 Å². The zero-order chi connectivity index (χ0) is 24.1. The van der Waals surface area contributed by atoms with E-state index in [9.17, 15) is 4.79 Å². The summed E-state index contributed by atoms with van der Waals surface area (Å²) in [4.78, 5) is 11.6. The summed E-state index contributed by atoms with van der Waals surface area (Å²) >= 11 is 2.42. The minimum absolute atomic E-state index is 0.128. The molecule has 0 unspecified atom stereocenters. The van der Waals surface area contributed by atoms with Gasteiger partial charge in [0.25, 0.3) is 0 Å². The lowest BCUT2D eigenvalue weighted by Gasteiger charge is -2.08. The molecule has 33 heavy (non-hydrogen) atoms. The van der Waals surface area contributed by atoms with Gasteiger partial charge in [0.05, 0.1) is 59.5 Å². The monoisotopic (exact) mass is 588 g/mol. The quantitative estimate of drug-likeness (QED) is 0.0528. The van der Waals surface area contributed by atoms with E-state index in [0.29, 0.717) is 72.5 Å². The number of halogens is 1. The van der Waals surface area contributed by atoms with Gasteiger partial charge < -0.3 is 28.4 Å². The molecule has 0 aromatic carbocycles. The molecule has 0 N–H and O–H groups in total. The van der Waals surface area contributed by atoms with Crippen molar-refractivity contribution in [2.75, 3.05) is 77.1 Å². The fraction of sp³-hybridized carbons (Fsp3) is 0.960. The van der Waals surface area contributed by atoms with Gasteiger partial charge >= 0.3 is 5.97 Å². The lowest BCUT2D eigenvalue weighted by Crippen LogP contribution is -2.15. The van der Waals surface area contributed by atoms with Crippen LogP contribution in [0.4, 0.5) is 0 Å². The maximum absolute atomic E-state index is 11.6. The molecule has 0 heterocycles. The first-order chi connectivity index (χ1) is 16.3. The summed E-state index contributed by atoms with van der Waals surface area (Å²) in [5, 5.41) is 0. The Morgan fingerprint density at radius 2 is 0.939 bits per heavy atom. The van der Waals surface area contributed by atoms with Gasteiger partial charge in [0.15, 0.2) is 0 Å². The third kappa shape index (κ3) is 30.0. The molecule has 0 rings (SSSR count). The number of rotatable bonds is 28. The molecule has 0 amide bonds. The summed E-state index contributed by atoms with van der Waals surface area (Å²) in [5.41, 5.74) is 0. The van der Waals surface area contributed by atoms with Crippen molar-refractivity contribution in [1.82, 2.24) is 0 Å². The normalized spacial score (nSPS) is 11.2. The van der Waals surface area contributed by atoms with Crippen LogP contribution < -0.4 is 0 Å². The second-order valence-electron chi connectivity index (χ2n) is 7.90. The summed E-state index contributed by atoms with van der Waals surface area (Å²) in [6, 6.07) is 0. The van der Waals surface area contributed by atoms with E-state index in [1.165, 1.54) is 49.4 Å². The van der Waals surface area contributed by atoms with Crippen molar-refractivity contribution in [3.8, 4) is 0 Å². The molecule has 0 bridgehead atoms. The first-order valence-corrected chi connectivity index (χ1v) is 14.4. The molecule has 198 valence electrons. The summed E-state index contributed by atoms with van der Waals surface area (Å²) < 4.78 is 33.7. The van der Waals surface area contributed by atoms with Crippen molar-refractivity contribution >= 4 is 28.6 Å². The minimum Gasteiger partial charge on any atom is -0.463 e. The molecule has 0 aliphatic carbocycles. The van der Waals surface area contributed by atoms with Crippen LogP contribution in [0.3, 0.4) is 0 Å². The Morgan fingerprint density at radius 1 is 0.515 bits per heavy atom. The summed E-state index contributed by atoms with van der Waals surface area (Å²) in [7, 11) is 0. The van der Waals surface area contributed by atoms with Crippen LogP contribution in [0.25, 0.3) is 0 Å². The molecule has 0 radical (unpaired) electrons. The van der Waals surface area contributed by atoms with Crippen molar-refractivity contribution in [3.63, 3.8) is 0 Å². The molecule has 0 saturated heterocycles. The van der Waals surface area contributed by atoms with Gasteiger partial charge in [0.1, 0.15) is 6.61 Å². The van der Waals surface area contributed by atoms with E-state index in [4.69, 9.17) is 28.4 Å². The van der Waals surface area contributed by atoms with Gasteiger partial charge in [-0.05, 0) is 23.7 Å². The number of esters is 1. The van der Waals surface area contributed by atoms with Crippen molar-refractivity contribution in [3.05, 3.63) is 0 Å². The second-order valence-corrected chi connectivity index (χ2v) is 8.98. The van der Waals surface area contributed by atoms with Crippen molar-refractivity contribution in [2.45, 2.75) is 77.6 Å². The van der Waals surface area contributed by atoms with Crippen LogP contribution in [0.1, 0.15) is 77.6 Å². The van der Waals surface area contributed by atoms with Gasteiger partial charge in [-0.15, -0.1) is 0 Å². The van der Waals surface area contributed by atoms with Crippen LogP contribution in [0, 0.1) is 0 Å². The Hall–Kier alpha value is -0.000000000000000222. The number of carbonyl (C=O) groups is 1. The molecule has 8 heteroatoms. The van der Waals surface area contributed by atoms with Crippen LogP contribution in [-0.4, -0.2) is 83.1 Å². The molecular weight excluding hydrogens is 539 g/mol. The Bertz CT molecular complexity index is 386. The highest BCUT2D eigenvalue weighted by Gasteiger charge is 2.02. The maximum Gasteiger partial charge on any atom is 0.305 e. The van der Waals surface area contributed by atoms with E-state index in [2.05, 4.69) is 29.5 Å². The van der Waals surface area contributed by atoms with E-state index >= 15 is 0 Å². The molecule has 0 spiro atoms. The van der Waals surface area contributed by atoms with Gasteiger partial charge in [0.2, 0.25) is 0 Å². The number of alkyl halides is 1. The van der Waals surface area contributed by atoms with Crippen molar-refractivity contribution < 1.29 is 33.2 Å². The van der Waals surface area contributed by atoms with Gasteiger partial charge in [-0.25, -0.2) is 0 Å². The molecule has 0 saturated carbocycles. The van der Waals surface area contributed by atoms with Crippen LogP contribution >= 0.6 is 22.6 Å². The Kier molecular flexibility index (Phi) is 30.0. The van der Waals surface area contributed by atoms with E-state index in [0.717, 1.165) is 25.9 Å². The summed E-state index contributed by atoms with van der Waals surface area (Å²) in [6.45, 7) is 8.16. The lowest BCUT2D eigenvalue weighted by molar-refractivity contribution is -0.145. The molecule has 0 aromatic rings. The zero-order valence-electron chi connectivity index (χ0n) is 21.0. The summed E-state index contributed by atoms with van der Waals surface area (Å²) in [5.74, 6) is -0.128. The fourth-order valence-electron chi connectivity index (χ4n) is 2.97. The Morgan fingerprint density at radius 3 is 1.48 bits per heavy atom. The van der Waals surface area contributed by atoms with E-state index in [1.54, 1.807) is 0 Å². The molecule has 0 atom stereocenters. The molecule has 0 aliphatic rings. The van der Waals surface area contributed by atoms with E-state index in [-0.39, 0.29) is 5.97 Å². The smallest absolute Gasteiger partial charge is 0.305 e.